The highest BCUT2D eigenvalue weighted by atomic mass is 32.2. The van der Waals surface area contributed by atoms with E-state index in [9.17, 15) is 26.5 Å². The molecule has 0 fully saturated rings. The molecule has 0 radical (unpaired) electrons. The second-order valence-electron chi connectivity index (χ2n) is 20.5. The van der Waals surface area contributed by atoms with Gasteiger partial charge in [0, 0.05) is 0 Å². The highest BCUT2D eigenvalue weighted by Gasteiger charge is 2.39. The molecule has 0 atom stereocenters. The van der Waals surface area contributed by atoms with E-state index in [2.05, 4.69) is 13.8 Å². The van der Waals surface area contributed by atoms with E-state index in [1.807, 2.05) is 41.5 Å². The molecule has 0 saturated heterocycles. The van der Waals surface area contributed by atoms with E-state index in [4.69, 9.17) is 12.5 Å². The molecule has 0 spiro atoms. The number of phosphoric acid groups is 1. The van der Waals surface area contributed by atoms with Gasteiger partial charge in [0.15, 0.2) is 0 Å². The van der Waals surface area contributed by atoms with Gasteiger partial charge in [-0.05, 0) is 52.5 Å². The van der Waals surface area contributed by atoms with Gasteiger partial charge >= 0.3 is 7.82 Å². The van der Waals surface area contributed by atoms with Crippen LogP contribution in [0.25, 0.3) is 0 Å². The average molecular weight is 949 g/mol. The van der Waals surface area contributed by atoms with Gasteiger partial charge in [0.25, 0.3) is 20.2 Å². The van der Waals surface area contributed by atoms with Gasteiger partial charge in [0.1, 0.15) is 5.75 Å². The van der Waals surface area contributed by atoms with Crippen LogP contribution in [-0.4, -0.2) is 33.4 Å². The topological polar surface area (TPSA) is 133 Å². The number of hydrogen-bond donors (Lipinski definition) is 1. The molecule has 0 saturated carbocycles. The van der Waals surface area contributed by atoms with E-state index >= 15 is 0 Å². The van der Waals surface area contributed by atoms with E-state index < -0.39 is 57.0 Å². The zero-order valence-corrected chi connectivity index (χ0v) is 44.4. The van der Waals surface area contributed by atoms with Gasteiger partial charge in [0.05, 0.1) is 18.1 Å². The maximum atomic E-state index is 14.1. The second kappa shape index (κ2) is 33.5. The monoisotopic (exact) mass is 949 g/mol. The van der Waals surface area contributed by atoms with Crippen molar-refractivity contribution in [3.05, 3.63) is 28.8 Å². The molecule has 0 aliphatic rings. The van der Waals surface area contributed by atoms with Crippen molar-refractivity contribution in [2.75, 3.05) is 11.5 Å². The Balaban J connectivity index is 2.72. The number of phenols is 1. The summed E-state index contributed by atoms with van der Waals surface area (Å²) >= 11 is 0. The zero-order valence-electron chi connectivity index (χ0n) is 41.9. The molecule has 372 valence electrons. The van der Waals surface area contributed by atoms with Gasteiger partial charge in [-0.1, -0.05) is 248 Å². The highest BCUT2D eigenvalue weighted by molar-refractivity contribution is 7.94. The summed E-state index contributed by atoms with van der Waals surface area (Å²) in [7, 11) is -14.1. The Kier molecular flexibility index (Phi) is 31.9. The minimum absolute atomic E-state index is 0.136. The van der Waals surface area contributed by atoms with E-state index in [0.717, 1.165) is 38.5 Å². The van der Waals surface area contributed by atoms with Crippen LogP contribution in [0, 0.1) is 0 Å². The Bertz CT molecular complexity index is 1470. The van der Waals surface area contributed by atoms with Crippen LogP contribution in [0.15, 0.2) is 12.1 Å². The smallest absolute Gasteiger partial charge is 0.504 e. The minimum Gasteiger partial charge on any atom is -0.507 e. The molecule has 0 amide bonds. The predicted molar refractivity (Wildman–Crippen MR) is 267 cm³/mol. The summed E-state index contributed by atoms with van der Waals surface area (Å²) < 4.78 is 82.9. The molecule has 0 unspecified atom stereocenters. The highest BCUT2D eigenvalue weighted by Crippen LogP contribution is 2.54. The number of phenolic OH excluding ortho intramolecular Hbond substituents is 1. The SMILES string of the molecule is CCCCCCCCCCCCCCCCCCS(=O)(=O)OP(=O)(OCc1cc(C(C)(C)C)c(O)c(C(C)(C)C)c1)OS(=O)(=O)CCCCCCCCCCCCCCCCCC. The standard InChI is InChI=1S/C51H97O9PS2/c1-9-11-13-15-17-19-21-23-25-27-29-31-33-35-37-39-41-62(54,55)59-61(53,58-45-46-43-47(50(3,4)5)49(52)48(44-46)51(6,7)8)60-63(56,57)42-40-38-36-34-32-30-28-26-24-22-20-18-16-14-12-10-2/h43-44,52H,9-42,45H2,1-8H3. The lowest BCUT2D eigenvalue weighted by Gasteiger charge is -2.28. The maximum absolute atomic E-state index is 14.1. The lowest BCUT2D eigenvalue weighted by Crippen LogP contribution is -2.18. The van der Waals surface area contributed by atoms with Crippen molar-refractivity contribution in [1.29, 1.82) is 0 Å². The summed E-state index contributed by atoms with van der Waals surface area (Å²) in [5, 5.41) is 11.2. The first-order valence-electron chi connectivity index (χ1n) is 25.7. The van der Waals surface area contributed by atoms with E-state index in [-0.39, 0.29) is 18.6 Å². The van der Waals surface area contributed by atoms with Crippen molar-refractivity contribution in [2.24, 2.45) is 0 Å². The van der Waals surface area contributed by atoms with E-state index in [1.165, 1.54) is 141 Å². The van der Waals surface area contributed by atoms with Crippen molar-refractivity contribution in [1.82, 2.24) is 0 Å². The van der Waals surface area contributed by atoms with Crippen LogP contribution in [0.1, 0.15) is 278 Å². The molecule has 1 aromatic rings. The van der Waals surface area contributed by atoms with Crippen molar-refractivity contribution in [3.63, 3.8) is 0 Å². The summed E-state index contributed by atoms with van der Waals surface area (Å²) in [4.78, 5) is 0. The Labute approximate surface area is 389 Å². The third-order valence-electron chi connectivity index (χ3n) is 12.1. The molecule has 1 rings (SSSR count). The first-order valence-corrected chi connectivity index (χ1v) is 30.4. The number of benzene rings is 1. The maximum Gasteiger partial charge on any atom is 0.504 e. The predicted octanol–water partition coefficient (Wildman–Crippen LogP) is 16.8. The Morgan fingerprint density at radius 3 is 0.921 bits per heavy atom. The largest absolute Gasteiger partial charge is 0.507 e. The van der Waals surface area contributed by atoms with Crippen molar-refractivity contribution >= 4 is 28.1 Å². The molecule has 0 heterocycles. The minimum atomic E-state index is -5.17. The Hall–Kier alpha value is -0.970. The number of unbranched alkanes of at least 4 members (excludes halogenated alkanes) is 30. The second-order valence-corrected chi connectivity index (χ2v) is 25.9. The zero-order chi connectivity index (χ0) is 47.1. The van der Waals surface area contributed by atoms with Crippen LogP contribution in [0.3, 0.4) is 0 Å². The first-order chi connectivity index (χ1) is 29.8. The Morgan fingerprint density at radius 1 is 0.444 bits per heavy atom. The molecule has 0 aliphatic carbocycles. The van der Waals surface area contributed by atoms with Gasteiger partial charge in [0.2, 0.25) is 0 Å². The first kappa shape index (κ1) is 60.0. The van der Waals surface area contributed by atoms with Crippen LogP contribution < -0.4 is 0 Å². The van der Waals surface area contributed by atoms with E-state index in [1.54, 1.807) is 12.1 Å². The molecule has 1 N–H and O–H groups in total. The summed E-state index contributed by atoms with van der Waals surface area (Å²) in [5.74, 6) is -0.719. The fraction of sp³-hybridized carbons (Fsp3) is 0.882. The quantitative estimate of drug-likeness (QED) is 0.0503. The van der Waals surface area contributed by atoms with Gasteiger partial charge in [-0.3, -0.25) is 4.52 Å². The van der Waals surface area contributed by atoms with Gasteiger partial charge in [-0.15, -0.1) is 0 Å². The van der Waals surface area contributed by atoms with Gasteiger partial charge < -0.3 is 5.11 Å². The van der Waals surface area contributed by atoms with Crippen LogP contribution >= 0.6 is 7.82 Å². The molecule has 0 aromatic heterocycles. The van der Waals surface area contributed by atoms with Crippen LogP contribution in [0.2, 0.25) is 0 Å². The molecule has 9 nitrogen and oxygen atoms in total. The number of hydrogen-bond acceptors (Lipinski definition) is 9. The van der Waals surface area contributed by atoms with Gasteiger partial charge in [-0.25, -0.2) is 4.57 Å². The molecular weight excluding hydrogens is 852 g/mol. The molecule has 0 aliphatic heterocycles. The number of aromatic hydroxyl groups is 1. The number of rotatable bonds is 41. The summed E-state index contributed by atoms with van der Waals surface area (Å²) in [5.41, 5.74) is 0.780. The van der Waals surface area contributed by atoms with Crippen molar-refractivity contribution < 1.29 is 39.0 Å². The van der Waals surface area contributed by atoms with Crippen molar-refractivity contribution in [2.45, 2.75) is 278 Å². The molecule has 63 heavy (non-hydrogen) atoms. The van der Waals surface area contributed by atoms with Gasteiger partial charge in [-0.2, -0.15) is 24.8 Å². The lowest BCUT2D eigenvalue weighted by atomic mass is 9.78. The van der Waals surface area contributed by atoms with E-state index in [0.29, 0.717) is 29.5 Å². The summed E-state index contributed by atoms with van der Waals surface area (Å²) in [6.07, 6.45) is 36.6. The third kappa shape index (κ3) is 30.8. The van der Waals surface area contributed by atoms with Crippen molar-refractivity contribution in [3.8, 4) is 5.75 Å². The molecule has 12 heteroatoms. The average Bonchev–Trinajstić information content (AvgIpc) is 3.18. The fourth-order valence-electron chi connectivity index (χ4n) is 8.14. The van der Waals surface area contributed by atoms with Crippen LogP contribution in [0.5, 0.6) is 5.75 Å². The van der Waals surface area contributed by atoms with Crippen LogP contribution in [-0.2, 0) is 54.7 Å². The summed E-state index contributed by atoms with van der Waals surface area (Å²) in [6, 6.07) is 3.40. The summed E-state index contributed by atoms with van der Waals surface area (Å²) in [6.45, 7) is 15.8. The lowest BCUT2D eigenvalue weighted by molar-refractivity contribution is 0.205. The Morgan fingerprint density at radius 2 is 0.683 bits per heavy atom. The molecule has 0 bridgehead atoms. The van der Waals surface area contributed by atoms with Crippen LogP contribution in [0.4, 0.5) is 0 Å². The molecule has 1 aromatic carbocycles. The fourth-order valence-corrected chi connectivity index (χ4v) is 13.0. The third-order valence-corrected chi connectivity index (χ3v) is 17.4. The normalized spacial score (nSPS) is 13.0. The molecular formula is C51H97O9PS2.